The molecule has 0 heterocycles. The van der Waals surface area contributed by atoms with Crippen LogP contribution in [0.5, 0.6) is 0 Å². The number of carbonyl (C=O) groups is 2. The van der Waals surface area contributed by atoms with E-state index in [0.29, 0.717) is 35.9 Å². The average Bonchev–Trinajstić information content (AvgIpc) is 2.83. The van der Waals surface area contributed by atoms with E-state index in [1.54, 1.807) is 0 Å². The quantitative estimate of drug-likeness (QED) is 0.698. The molecule has 0 spiro atoms. The van der Waals surface area contributed by atoms with Crippen molar-refractivity contribution >= 4 is 11.6 Å². The molecule has 4 aliphatic carbocycles. The third-order valence-corrected chi connectivity index (χ3v) is 8.39. The highest BCUT2D eigenvalue weighted by Gasteiger charge is 2.62. The summed E-state index contributed by atoms with van der Waals surface area (Å²) in [6, 6.07) is 0. The van der Waals surface area contributed by atoms with Gasteiger partial charge in [-0.3, -0.25) is 9.59 Å². The lowest BCUT2D eigenvalue weighted by Gasteiger charge is -2.60. The second kappa shape index (κ2) is 4.78. The second-order valence-corrected chi connectivity index (χ2v) is 8.95. The van der Waals surface area contributed by atoms with E-state index in [1.165, 1.54) is 0 Å². The Morgan fingerprint density at radius 3 is 2.57 bits per heavy atom. The number of rotatable bonds is 0. The Morgan fingerprint density at radius 1 is 1.09 bits per heavy atom. The highest BCUT2D eigenvalue weighted by molar-refractivity contribution is 5.88. The summed E-state index contributed by atoms with van der Waals surface area (Å²) in [4.78, 5) is 24.5. The van der Waals surface area contributed by atoms with E-state index >= 15 is 0 Å². The van der Waals surface area contributed by atoms with E-state index in [-0.39, 0.29) is 16.6 Å². The van der Waals surface area contributed by atoms with Gasteiger partial charge in [0.15, 0.2) is 5.78 Å². The molecule has 0 bridgehead atoms. The molecule has 3 heteroatoms. The first kappa shape index (κ1) is 15.6. The molecule has 1 unspecified atom stereocenters. The molecule has 0 amide bonds. The van der Waals surface area contributed by atoms with E-state index in [0.717, 1.165) is 44.1 Å². The molecule has 4 rings (SSSR count). The van der Waals surface area contributed by atoms with Crippen molar-refractivity contribution < 1.29 is 14.7 Å². The van der Waals surface area contributed by atoms with Gasteiger partial charge in [-0.15, -0.1) is 0 Å². The number of hydrogen-bond donors (Lipinski definition) is 1. The zero-order valence-corrected chi connectivity index (χ0v) is 14.3. The van der Waals surface area contributed by atoms with Gasteiger partial charge in [-0.05, 0) is 66.8 Å². The van der Waals surface area contributed by atoms with Gasteiger partial charge < -0.3 is 5.11 Å². The summed E-state index contributed by atoms with van der Waals surface area (Å²) in [6.07, 6.45) is 5.48. The van der Waals surface area contributed by atoms with Gasteiger partial charge in [0.1, 0.15) is 11.9 Å². The second-order valence-electron chi connectivity index (χ2n) is 8.95. The molecule has 4 fully saturated rings. The van der Waals surface area contributed by atoms with Crippen LogP contribution < -0.4 is 0 Å². The lowest BCUT2D eigenvalue weighted by atomic mass is 9.44. The molecule has 1 N–H and O–H groups in total. The molecule has 4 saturated carbocycles. The first-order valence-electron chi connectivity index (χ1n) is 9.23. The number of aliphatic hydroxyl groups excluding tert-OH is 1. The van der Waals surface area contributed by atoms with E-state index in [9.17, 15) is 14.7 Å². The van der Waals surface area contributed by atoms with Gasteiger partial charge in [0.05, 0.1) is 0 Å². The van der Waals surface area contributed by atoms with Crippen molar-refractivity contribution in [3.05, 3.63) is 12.2 Å². The minimum absolute atomic E-state index is 0.0485. The Kier molecular flexibility index (Phi) is 3.23. The van der Waals surface area contributed by atoms with E-state index < -0.39 is 6.10 Å². The van der Waals surface area contributed by atoms with Crippen LogP contribution in [0.2, 0.25) is 0 Å². The fourth-order valence-corrected chi connectivity index (χ4v) is 6.86. The van der Waals surface area contributed by atoms with Crippen LogP contribution >= 0.6 is 0 Å². The van der Waals surface area contributed by atoms with E-state index in [2.05, 4.69) is 20.4 Å². The summed E-state index contributed by atoms with van der Waals surface area (Å²) >= 11 is 0. The summed E-state index contributed by atoms with van der Waals surface area (Å²) in [5.74, 6) is 2.26. The molecule has 3 nitrogen and oxygen atoms in total. The predicted octanol–water partition coefficient (Wildman–Crippen LogP) is 3.30. The molecule has 0 saturated heterocycles. The van der Waals surface area contributed by atoms with Crippen molar-refractivity contribution in [2.45, 2.75) is 64.9 Å². The van der Waals surface area contributed by atoms with Crippen molar-refractivity contribution in [2.75, 3.05) is 0 Å². The van der Waals surface area contributed by atoms with Gasteiger partial charge in [-0.25, -0.2) is 0 Å². The summed E-state index contributed by atoms with van der Waals surface area (Å²) in [7, 11) is 0. The Hall–Kier alpha value is -0.960. The van der Waals surface area contributed by atoms with Gasteiger partial charge in [0.2, 0.25) is 0 Å². The number of fused-ring (bicyclic) bond motifs is 5. The smallest absolute Gasteiger partial charge is 0.165 e. The molecule has 7 atom stereocenters. The van der Waals surface area contributed by atoms with Crippen LogP contribution in [-0.2, 0) is 9.59 Å². The molecule has 0 aromatic carbocycles. The molecular weight excluding hydrogens is 288 g/mol. The van der Waals surface area contributed by atoms with Crippen LogP contribution in [0.3, 0.4) is 0 Å². The Labute approximate surface area is 138 Å². The standard InChI is InChI=1S/C20H28O3/c1-11-18(23)16(21)10-12-4-5-13-14-6-7-17(22)19(14,2)9-8-15(13)20(11,12)3/h12-15,18,23H,1,4-10H2,2-3H3/t12-,13-,14-,15-,18?,19-,20-/m0/s1. The van der Waals surface area contributed by atoms with Crippen molar-refractivity contribution in [3.63, 3.8) is 0 Å². The topological polar surface area (TPSA) is 54.4 Å². The van der Waals surface area contributed by atoms with Crippen molar-refractivity contribution in [2.24, 2.45) is 34.5 Å². The first-order chi connectivity index (χ1) is 10.8. The molecule has 126 valence electrons. The molecule has 0 aromatic rings. The number of carbonyl (C=O) groups excluding carboxylic acids is 2. The third kappa shape index (κ3) is 1.80. The number of ketones is 2. The first-order valence-corrected chi connectivity index (χ1v) is 9.23. The summed E-state index contributed by atoms with van der Waals surface area (Å²) in [5.41, 5.74) is 0.499. The van der Waals surface area contributed by atoms with Crippen LogP contribution in [0, 0.1) is 34.5 Å². The van der Waals surface area contributed by atoms with Crippen molar-refractivity contribution in [1.29, 1.82) is 0 Å². The normalized spacial score (nSPS) is 52.8. The molecule has 4 aliphatic rings. The van der Waals surface area contributed by atoms with E-state index in [4.69, 9.17) is 0 Å². The lowest BCUT2D eigenvalue weighted by molar-refractivity contribution is -0.143. The Bertz CT molecular complexity index is 594. The van der Waals surface area contributed by atoms with Gasteiger partial charge in [-0.1, -0.05) is 20.4 Å². The molecule has 0 aliphatic heterocycles. The maximum absolute atomic E-state index is 12.4. The fraction of sp³-hybridized carbons (Fsp3) is 0.800. The van der Waals surface area contributed by atoms with Crippen LogP contribution in [0.4, 0.5) is 0 Å². The van der Waals surface area contributed by atoms with Crippen LogP contribution in [0.25, 0.3) is 0 Å². The number of Topliss-reactive ketones (excluding diaryl/α,β-unsaturated/α-hetero) is 2. The molecule has 23 heavy (non-hydrogen) atoms. The SMILES string of the molecule is C=C1C(O)C(=O)C[C@@H]2CC[C@@H]3[C@H](CC[C@]4(C)C(=O)CC[C@@H]34)[C@@]12C. The lowest BCUT2D eigenvalue weighted by Crippen LogP contribution is -2.57. The number of aliphatic hydroxyl groups is 1. The maximum atomic E-state index is 12.4. The van der Waals surface area contributed by atoms with Crippen molar-refractivity contribution in [1.82, 2.24) is 0 Å². The Balaban J connectivity index is 1.71. The molecular formula is C20H28O3. The Morgan fingerprint density at radius 2 is 1.83 bits per heavy atom. The highest BCUT2D eigenvalue weighted by atomic mass is 16.3. The molecule has 0 radical (unpaired) electrons. The minimum Gasteiger partial charge on any atom is -0.381 e. The molecule has 0 aromatic heterocycles. The van der Waals surface area contributed by atoms with Gasteiger partial charge in [0.25, 0.3) is 0 Å². The minimum atomic E-state index is -0.978. The highest BCUT2D eigenvalue weighted by Crippen LogP contribution is 2.66. The summed E-state index contributed by atoms with van der Waals surface area (Å²) in [6.45, 7) is 8.60. The maximum Gasteiger partial charge on any atom is 0.165 e. The largest absolute Gasteiger partial charge is 0.381 e. The summed E-state index contributed by atoms with van der Waals surface area (Å²) in [5, 5.41) is 10.3. The monoisotopic (exact) mass is 316 g/mol. The predicted molar refractivity (Wildman–Crippen MR) is 87.7 cm³/mol. The van der Waals surface area contributed by atoms with Gasteiger partial charge in [-0.2, -0.15) is 0 Å². The van der Waals surface area contributed by atoms with Crippen LogP contribution in [-0.4, -0.2) is 22.8 Å². The third-order valence-electron chi connectivity index (χ3n) is 8.39. The van der Waals surface area contributed by atoms with Crippen LogP contribution in [0.15, 0.2) is 12.2 Å². The summed E-state index contributed by atoms with van der Waals surface area (Å²) < 4.78 is 0. The zero-order chi connectivity index (χ0) is 16.6. The number of hydrogen-bond acceptors (Lipinski definition) is 3. The average molecular weight is 316 g/mol. The fourth-order valence-electron chi connectivity index (χ4n) is 6.86. The van der Waals surface area contributed by atoms with Crippen molar-refractivity contribution in [3.8, 4) is 0 Å². The zero-order valence-electron chi connectivity index (χ0n) is 14.3. The van der Waals surface area contributed by atoms with Crippen LogP contribution in [0.1, 0.15) is 58.8 Å². The van der Waals surface area contributed by atoms with E-state index in [1.807, 2.05) is 0 Å². The van der Waals surface area contributed by atoms with Gasteiger partial charge in [0, 0.05) is 18.3 Å². The van der Waals surface area contributed by atoms with Gasteiger partial charge >= 0.3 is 0 Å².